The summed E-state index contributed by atoms with van der Waals surface area (Å²) in [6.07, 6.45) is 6.93. The van der Waals surface area contributed by atoms with E-state index in [0.717, 1.165) is 49.7 Å². The summed E-state index contributed by atoms with van der Waals surface area (Å²) < 4.78 is 1.79. The molecule has 1 amide bonds. The van der Waals surface area contributed by atoms with Crippen molar-refractivity contribution in [3.63, 3.8) is 0 Å². The van der Waals surface area contributed by atoms with Crippen LogP contribution in [-0.2, 0) is 6.54 Å². The van der Waals surface area contributed by atoms with Crippen molar-refractivity contribution in [1.29, 1.82) is 0 Å². The number of aromatic nitrogens is 4. The maximum Gasteiger partial charge on any atom is 0.253 e. The van der Waals surface area contributed by atoms with Crippen LogP contribution in [-0.4, -0.2) is 61.6 Å². The molecule has 7 nitrogen and oxygen atoms in total. The third kappa shape index (κ3) is 4.43. The van der Waals surface area contributed by atoms with Crippen molar-refractivity contribution in [2.45, 2.75) is 6.54 Å². The van der Waals surface area contributed by atoms with E-state index >= 15 is 0 Å². The molecule has 1 saturated heterocycles. The maximum atomic E-state index is 13.0. The van der Waals surface area contributed by atoms with Gasteiger partial charge in [-0.3, -0.25) is 9.69 Å². The van der Waals surface area contributed by atoms with Crippen LogP contribution in [0.3, 0.4) is 0 Å². The lowest BCUT2D eigenvalue weighted by Gasteiger charge is -2.34. The first-order valence-electron chi connectivity index (χ1n) is 10.7. The highest BCUT2D eigenvalue weighted by Gasteiger charge is 2.22. The highest BCUT2D eigenvalue weighted by atomic mass is 16.2. The van der Waals surface area contributed by atoms with Gasteiger partial charge in [0.05, 0.1) is 17.6 Å². The smallest absolute Gasteiger partial charge is 0.253 e. The molecule has 0 saturated carbocycles. The first-order valence-corrected chi connectivity index (χ1v) is 10.7. The van der Waals surface area contributed by atoms with Gasteiger partial charge in [0.2, 0.25) is 0 Å². The van der Waals surface area contributed by atoms with Crippen molar-refractivity contribution >= 4 is 5.91 Å². The number of rotatable bonds is 5. The minimum atomic E-state index is 0.0815. The number of hydrogen-bond acceptors (Lipinski definition) is 5. The summed E-state index contributed by atoms with van der Waals surface area (Å²) in [7, 11) is 0. The van der Waals surface area contributed by atoms with E-state index in [-0.39, 0.29) is 5.91 Å². The van der Waals surface area contributed by atoms with Gasteiger partial charge < -0.3 is 4.90 Å². The van der Waals surface area contributed by atoms with Crippen LogP contribution in [0, 0.1) is 0 Å². The van der Waals surface area contributed by atoms with Crippen molar-refractivity contribution in [3.05, 3.63) is 96.7 Å². The number of benzene rings is 2. The van der Waals surface area contributed by atoms with Crippen molar-refractivity contribution in [3.8, 4) is 16.9 Å². The van der Waals surface area contributed by atoms with E-state index in [1.54, 1.807) is 17.1 Å². The molecule has 160 valence electrons. The lowest BCUT2D eigenvalue weighted by molar-refractivity contribution is 0.0628. The van der Waals surface area contributed by atoms with Gasteiger partial charge in [-0.1, -0.05) is 30.3 Å². The molecule has 0 aliphatic carbocycles. The summed E-state index contributed by atoms with van der Waals surface area (Å²) in [4.78, 5) is 25.5. The lowest BCUT2D eigenvalue weighted by Crippen LogP contribution is -2.48. The molecule has 0 atom stereocenters. The quantitative estimate of drug-likeness (QED) is 0.492. The molecule has 1 aliphatic rings. The number of piperazine rings is 1. The van der Waals surface area contributed by atoms with Gasteiger partial charge in [0.1, 0.15) is 6.33 Å². The van der Waals surface area contributed by atoms with Gasteiger partial charge >= 0.3 is 0 Å². The van der Waals surface area contributed by atoms with Crippen LogP contribution in [0.5, 0.6) is 0 Å². The fourth-order valence-electron chi connectivity index (χ4n) is 3.95. The second kappa shape index (κ2) is 9.11. The third-order valence-electron chi connectivity index (χ3n) is 5.75. The lowest BCUT2D eigenvalue weighted by atomic mass is 10.1. The van der Waals surface area contributed by atoms with Crippen LogP contribution in [0.4, 0.5) is 0 Å². The minimum absolute atomic E-state index is 0.0815. The molecule has 32 heavy (non-hydrogen) atoms. The molecule has 0 spiro atoms. The molecule has 2 aromatic heterocycles. The second-order valence-electron chi connectivity index (χ2n) is 7.87. The van der Waals surface area contributed by atoms with Gasteiger partial charge in [-0.15, -0.1) is 0 Å². The number of amides is 1. The average Bonchev–Trinajstić information content (AvgIpc) is 3.36. The average molecular weight is 425 g/mol. The Morgan fingerprint density at radius 1 is 0.906 bits per heavy atom. The van der Waals surface area contributed by atoms with E-state index in [1.807, 2.05) is 47.5 Å². The molecule has 1 fully saturated rings. The Morgan fingerprint density at radius 2 is 1.69 bits per heavy atom. The van der Waals surface area contributed by atoms with Crippen molar-refractivity contribution in [2.75, 3.05) is 26.2 Å². The Bertz CT molecular complexity index is 1170. The summed E-state index contributed by atoms with van der Waals surface area (Å²) in [6, 6.07) is 19.9. The fraction of sp³-hybridized carbons (Fsp3) is 0.200. The molecular formula is C25H24N6O. The van der Waals surface area contributed by atoms with E-state index in [9.17, 15) is 4.79 Å². The summed E-state index contributed by atoms with van der Waals surface area (Å²) in [6.45, 7) is 4.19. The monoisotopic (exact) mass is 424 g/mol. The third-order valence-corrected chi connectivity index (χ3v) is 5.75. The molecule has 0 unspecified atom stereocenters. The molecule has 4 aromatic rings. The van der Waals surface area contributed by atoms with Crippen molar-refractivity contribution in [2.24, 2.45) is 0 Å². The first-order chi connectivity index (χ1) is 15.8. The predicted molar refractivity (Wildman–Crippen MR) is 122 cm³/mol. The zero-order chi connectivity index (χ0) is 21.8. The Hall–Kier alpha value is -3.84. The molecule has 3 heterocycles. The zero-order valence-corrected chi connectivity index (χ0v) is 17.7. The predicted octanol–water partition coefficient (Wildman–Crippen LogP) is 3.29. The molecule has 2 aromatic carbocycles. The van der Waals surface area contributed by atoms with Gasteiger partial charge in [-0.25, -0.2) is 14.6 Å². The number of carbonyl (C=O) groups excluding carboxylic acids is 1. The van der Waals surface area contributed by atoms with Gasteiger partial charge in [0, 0.05) is 56.2 Å². The normalized spacial score (nSPS) is 14.4. The molecule has 1 aliphatic heterocycles. The van der Waals surface area contributed by atoms with Crippen LogP contribution in [0.15, 0.2) is 85.6 Å². The molecule has 0 N–H and O–H groups in total. The summed E-state index contributed by atoms with van der Waals surface area (Å²) in [5.74, 6) is 0.0815. The van der Waals surface area contributed by atoms with E-state index in [2.05, 4.69) is 44.2 Å². The standard InChI is InChI=1S/C25H24N6O/c32-25(30-14-12-29(13-15-30)17-20-4-2-1-3-5-20)21-6-8-23(9-7-21)31-18-22(16-28-31)24-10-11-26-19-27-24/h1-11,16,18-19H,12-15,17H2. The van der Waals surface area contributed by atoms with Crippen LogP contribution in [0.25, 0.3) is 16.9 Å². The Kier molecular flexibility index (Phi) is 5.72. The molecule has 0 radical (unpaired) electrons. The highest BCUT2D eigenvalue weighted by molar-refractivity contribution is 5.94. The molecular weight excluding hydrogens is 400 g/mol. The van der Waals surface area contributed by atoms with Crippen molar-refractivity contribution in [1.82, 2.24) is 29.5 Å². The number of hydrogen-bond donors (Lipinski definition) is 0. The second-order valence-corrected chi connectivity index (χ2v) is 7.87. The van der Waals surface area contributed by atoms with Crippen LogP contribution < -0.4 is 0 Å². The van der Waals surface area contributed by atoms with E-state index in [0.29, 0.717) is 5.56 Å². The number of nitrogens with zero attached hydrogens (tertiary/aromatic N) is 6. The highest BCUT2D eigenvalue weighted by Crippen LogP contribution is 2.18. The summed E-state index contributed by atoms with van der Waals surface area (Å²) >= 11 is 0. The largest absolute Gasteiger partial charge is 0.336 e. The first kappa shape index (κ1) is 20.1. The Balaban J connectivity index is 1.20. The topological polar surface area (TPSA) is 67.2 Å². The number of carbonyl (C=O) groups is 1. The molecule has 0 bridgehead atoms. The molecule has 7 heteroatoms. The van der Waals surface area contributed by atoms with E-state index < -0.39 is 0 Å². The summed E-state index contributed by atoms with van der Waals surface area (Å²) in [5.41, 5.74) is 4.65. The molecule has 5 rings (SSSR count). The van der Waals surface area contributed by atoms with Crippen LogP contribution in [0.1, 0.15) is 15.9 Å². The van der Waals surface area contributed by atoms with E-state index in [4.69, 9.17) is 0 Å². The Labute approximate surface area is 187 Å². The fourth-order valence-corrected chi connectivity index (χ4v) is 3.95. The van der Waals surface area contributed by atoms with Crippen molar-refractivity contribution < 1.29 is 4.79 Å². The van der Waals surface area contributed by atoms with E-state index in [1.165, 1.54) is 11.9 Å². The Morgan fingerprint density at radius 3 is 2.41 bits per heavy atom. The maximum absolute atomic E-state index is 13.0. The van der Waals surface area contributed by atoms with Gasteiger partial charge in [-0.2, -0.15) is 5.10 Å². The van der Waals surface area contributed by atoms with Crippen LogP contribution >= 0.6 is 0 Å². The minimum Gasteiger partial charge on any atom is -0.336 e. The zero-order valence-electron chi connectivity index (χ0n) is 17.7. The van der Waals surface area contributed by atoms with Gasteiger partial charge in [-0.05, 0) is 35.9 Å². The van der Waals surface area contributed by atoms with Gasteiger partial charge in [0.15, 0.2) is 0 Å². The van der Waals surface area contributed by atoms with Gasteiger partial charge in [0.25, 0.3) is 5.91 Å². The SMILES string of the molecule is O=C(c1ccc(-n2cc(-c3ccncn3)cn2)cc1)N1CCN(Cc2ccccc2)CC1. The van der Waals surface area contributed by atoms with Crippen LogP contribution in [0.2, 0.25) is 0 Å². The summed E-state index contributed by atoms with van der Waals surface area (Å²) in [5, 5.41) is 4.43.